The molecule has 0 radical (unpaired) electrons. The Hall–Kier alpha value is -1.45. The Balaban J connectivity index is 2.08. The van der Waals surface area contributed by atoms with Crippen LogP contribution in [0.1, 0.15) is 55.7 Å². The average molecular weight is 247 g/mol. The van der Waals surface area contributed by atoms with E-state index in [1.165, 1.54) is 6.42 Å². The summed E-state index contributed by atoms with van der Waals surface area (Å²) in [6.45, 7) is 8.01. The van der Waals surface area contributed by atoms with Crippen LogP contribution < -0.4 is 0 Å². The highest BCUT2D eigenvalue weighted by molar-refractivity contribution is 5.92. The van der Waals surface area contributed by atoms with Crippen LogP contribution in [0.2, 0.25) is 0 Å². The molecule has 4 heteroatoms. The van der Waals surface area contributed by atoms with Gasteiger partial charge in [-0.1, -0.05) is 20.8 Å². The summed E-state index contributed by atoms with van der Waals surface area (Å²) in [5, 5.41) is 8.17. The number of carbonyl (C=O) groups is 1. The van der Waals surface area contributed by atoms with Crippen LogP contribution in [0.15, 0.2) is 12.1 Å². The summed E-state index contributed by atoms with van der Waals surface area (Å²) in [7, 11) is 0. The second kappa shape index (κ2) is 5.46. The van der Waals surface area contributed by atoms with Gasteiger partial charge in [0.25, 0.3) is 5.91 Å². The van der Waals surface area contributed by atoms with E-state index in [1.54, 1.807) is 6.07 Å². The zero-order chi connectivity index (χ0) is 13.1. The van der Waals surface area contributed by atoms with Crippen molar-refractivity contribution in [2.45, 2.75) is 39.5 Å². The van der Waals surface area contributed by atoms with E-state index in [2.05, 4.69) is 31.0 Å². The van der Waals surface area contributed by atoms with E-state index in [1.807, 2.05) is 11.0 Å². The first-order valence-corrected chi connectivity index (χ1v) is 6.71. The highest BCUT2D eigenvalue weighted by Crippen LogP contribution is 2.17. The molecule has 1 aliphatic heterocycles. The second-order valence-electron chi connectivity index (χ2n) is 5.50. The van der Waals surface area contributed by atoms with Crippen LogP contribution in [0.4, 0.5) is 0 Å². The number of rotatable bonds is 2. The number of likely N-dealkylation sites (tertiary alicyclic amines) is 1. The van der Waals surface area contributed by atoms with E-state index in [0.29, 0.717) is 17.5 Å². The van der Waals surface area contributed by atoms with Gasteiger partial charge in [-0.05, 0) is 36.8 Å². The molecule has 1 aromatic rings. The maximum Gasteiger partial charge on any atom is 0.274 e. The molecule has 0 aromatic carbocycles. The lowest BCUT2D eigenvalue weighted by Gasteiger charge is -2.30. The van der Waals surface area contributed by atoms with Gasteiger partial charge in [0.15, 0.2) is 5.69 Å². The van der Waals surface area contributed by atoms with Crippen LogP contribution in [0.5, 0.6) is 0 Å². The molecule has 0 spiro atoms. The third kappa shape index (κ3) is 2.86. The van der Waals surface area contributed by atoms with Gasteiger partial charge >= 0.3 is 0 Å². The normalized spacial score (nSPS) is 20.2. The molecule has 1 unspecified atom stereocenters. The minimum atomic E-state index is 0.0179. The van der Waals surface area contributed by atoms with Gasteiger partial charge in [-0.25, -0.2) is 0 Å². The fraction of sp³-hybridized carbons (Fsp3) is 0.643. The lowest BCUT2D eigenvalue weighted by Crippen LogP contribution is -2.39. The molecule has 98 valence electrons. The summed E-state index contributed by atoms with van der Waals surface area (Å²) in [5.74, 6) is 0.951. The van der Waals surface area contributed by atoms with E-state index in [9.17, 15) is 4.79 Å². The fourth-order valence-electron chi connectivity index (χ4n) is 2.30. The maximum absolute atomic E-state index is 12.2. The smallest absolute Gasteiger partial charge is 0.274 e. The average Bonchev–Trinajstić information content (AvgIpc) is 2.38. The highest BCUT2D eigenvalue weighted by atomic mass is 16.2. The van der Waals surface area contributed by atoms with Crippen LogP contribution >= 0.6 is 0 Å². The third-order valence-electron chi connectivity index (χ3n) is 3.44. The lowest BCUT2D eigenvalue weighted by atomic mass is 10.00. The minimum absolute atomic E-state index is 0.0179. The van der Waals surface area contributed by atoms with Crippen LogP contribution in [-0.2, 0) is 0 Å². The van der Waals surface area contributed by atoms with Crippen LogP contribution in [-0.4, -0.2) is 34.1 Å². The number of amides is 1. The molecule has 1 atom stereocenters. The number of hydrogen-bond donors (Lipinski definition) is 0. The Morgan fingerprint density at radius 3 is 2.72 bits per heavy atom. The molecule has 1 aliphatic rings. The van der Waals surface area contributed by atoms with Gasteiger partial charge in [0.2, 0.25) is 0 Å². The van der Waals surface area contributed by atoms with Crippen molar-refractivity contribution >= 4 is 5.91 Å². The second-order valence-corrected chi connectivity index (χ2v) is 5.50. The van der Waals surface area contributed by atoms with Crippen molar-refractivity contribution in [1.82, 2.24) is 15.1 Å². The summed E-state index contributed by atoms with van der Waals surface area (Å²) in [5.41, 5.74) is 1.40. The van der Waals surface area contributed by atoms with Gasteiger partial charge in [-0.15, -0.1) is 5.10 Å². The summed E-state index contributed by atoms with van der Waals surface area (Å²) in [6.07, 6.45) is 2.30. The van der Waals surface area contributed by atoms with Crippen molar-refractivity contribution in [3.05, 3.63) is 23.5 Å². The van der Waals surface area contributed by atoms with Crippen molar-refractivity contribution < 1.29 is 4.79 Å². The Morgan fingerprint density at radius 1 is 1.39 bits per heavy atom. The SMILES string of the molecule is CC1CCCN(C(=O)c2ccc(C(C)C)nn2)C1. The standard InChI is InChI=1S/C14H21N3O/c1-10(2)12-6-7-13(16-15-12)14(18)17-8-4-5-11(3)9-17/h6-7,10-11H,4-5,8-9H2,1-3H3. The van der Waals surface area contributed by atoms with Gasteiger partial charge in [-0.3, -0.25) is 4.79 Å². The van der Waals surface area contributed by atoms with Gasteiger partial charge in [-0.2, -0.15) is 5.10 Å². The van der Waals surface area contributed by atoms with E-state index < -0.39 is 0 Å². The van der Waals surface area contributed by atoms with E-state index in [-0.39, 0.29) is 5.91 Å². The van der Waals surface area contributed by atoms with Crippen molar-refractivity contribution in [3.63, 3.8) is 0 Å². The summed E-state index contributed by atoms with van der Waals surface area (Å²) < 4.78 is 0. The van der Waals surface area contributed by atoms with Crippen LogP contribution in [0.3, 0.4) is 0 Å². The van der Waals surface area contributed by atoms with Gasteiger partial charge < -0.3 is 4.90 Å². The van der Waals surface area contributed by atoms with Crippen LogP contribution in [0, 0.1) is 5.92 Å². The Labute approximate surface area is 108 Å². The van der Waals surface area contributed by atoms with Gasteiger partial charge in [0, 0.05) is 13.1 Å². The molecule has 1 aromatic heterocycles. The first kappa shape index (κ1) is 13.0. The van der Waals surface area contributed by atoms with Gasteiger partial charge in [0.1, 0.15) is 0 Å². The first-order valence-electron chi connectivity index (χ1n) is 6.71. The molecule has 0 bridgehead atoms. The monoisotopic (exact) mass is 247 g/mol. The van der Waals surface area contributed by atoms with Crippen molar-refractivity contribution in [2.24, 2.45) is 5.92 Å². The Bertz CT molecular complexity index is 414. The zero-order valence-electron chi connectivity index (χ0n) is 11.4. The molecular weight excluding hydrogens is 226 g/mol. The molecule has 1 fully saturated rings. The fourth-order valence-corrected chi connectivity index (χ4v) is 2.30. The first-order chi connectivity index (χ1) is 8.58. The molecule has 1 saturated heterocycles. The van der Waals surface area contributed by atoms with Crippen molar-refractivity contribution in [3.8, 4) is 0 Å². The predicted octanol–water partition coefficient (Wildman–Crippen LogP) is 2.47. The van der Waals surface area contributed by atoms with Crippen molar-refractivity contribution in [2.75, 3.05) is 13.1 Å². The molecule has 1 amide bonds. The largest absolute Gasteiger partial charge is 0.337 e. The molecule has 18 heavy (non-hydrogen) atoms. The quantitative estimate of drug-likeness (QED) is 0.806. The number of aromatic nitrogens is 2. The number of nitrogens with zero attached hydrogens (tertiary/aromatic N) is 3. The third-order valence-corrected chi connectivity index (χ3v) is 3.44. The van der Waals surface area contributed by atoms with Crippen molar-refractivity contribution in [1.29, 1.82) is 0 Å². The Kier molecular flexibility index (Phi) is 3.94. The zero-order valence-corrected chi connectivity index (χ0v) is 11.4. The summed E-state index contributed by atoms with van der Waals surface area (Å²) >= 11 is 0. The van der Waals surface area contributed by atoms with Gasteiger partial charge in [0.05, 0.1) is 5.69 Å². The summed E-state index contributed by atoms with van der Waals surface area (Å²) in [4.78, 5) is 14.1. The van der Waals surface area contributed by atoms with Crippen LogP contribution in [0.25, 0.3) is 0 Å². The molecule has 0 saturated carbocycles. The minimum Gasteiger partial charge on any atom is -0.337 e. The topological polar surface area (TPSA) is 46.1 Å². The lowest BCUT2D eigenvalue weighted by molar-refractivity contribution is 0.0675. The molecule has 2 heterocycles. The van der Waals surface area contributed by atoms with E-state index in [4.69, 9.17) is 0 Å². The molecule has 0 N–H and O–H groups in total. The van der Waals surface area contributed by atoms with E-state index >= 15 is 0 Å². The number of hydrogen-bond acceptors (Lipinski definition) is 3. The number of piperidine rings is 1. The highest BCUT2D eigenvalue weighted by Gasteiger charge is 2.23. The Morgan fingerprint density at radius 2 is 2.17 bits per heavy atom. The molecule has 2 rings (SSSR count). The molecular formula is C14H21N3O. The molecule has 4 nitrogen and oxygen atoms in total. The van der Waals surface area contributed by atoms with E-state index in [0.717, 1.165) is 25.2 Å². The predicted molar refractivity (Wildman–Crippen MR) is 70.4 cm³/mol. The summed E-state index contributed by atoms with van der Waals surface area (Å²) in [6, 6.07) is 3.70. The number of carbonyl (C=O) groups excluding carboxylic acids is 1. The maximum atomic E-state index is 12.2. The molecule has 0 aliphatic carbocycles.